The van der Waals surface area contributed by atoms with Crippen LogP contribution < -0.4 is 5.32 Å². The van der Waals surface area contributed by atoms with Crippen LogP contribution in [0, 0.1) is 5.82 Å². The molecule has 1 fully saturated rings. The Morgan fingerprint density at radius 1 is 1.38 bits per heavy atom. The molecule has 0 spiro atoms. The van der Waals surface area contributed by atoms with Crippen LogP contribution in [0.15, 0.2) is 23.1 Å². The van der Waals surface area contributed by atoms with Gasteiger partial charge in [0.15, 0.2) is 0 Å². The topological polar surface area (TPSA) is 12.0 Å². The predicted molar refractivity (Wildman–Crippen MR) is 67.3 cm³/mol. The smallest absolute Gasteiger partial charge is 0.123 e. The number of nitrogens with one attached hydrogen (secondary N) is 1. The fourth-order valence-corrected chi connectivity index (χ4v) is 3.53. The average Bonchev–Trinajstić information content (AvgIpc) is 2.75. The first-order valence-electron chi connectivity index (χ1n) is 5.89. The van der Waals surface area contributed by atoms with Crippen molar-refractivity contribution in [1.82, 2.24) is 5.32 Å². The van der Waals surface area contributed by atoms with Gasteiger partial charge in [0.1, 0.15) is 5.82 Å². The van der Waals surface area contributed by atoms with E-state index in [4.69, 9.17) is 0 Å². The third-order valence-electron chi connectivity index (χ3n) is 2.99. The summed E-state index contributed by atoms with van der Waals surface area (Å²) >= 11 is 1.92. The zero-order valence-electron chi connectivity index (χ0n) is 9.63. The van der Waals surface area contributed by atoms with Crippen molar-refractivity contribution in [2.24, 2.45) is 0 Å². The van der Waals surface area contributed by atoms with Crippen molar-refractivity contribution in [3.8, 4) is 0 Å². The van der Waals surface area contributed by atoms with Crippen LogP contribution in [0.1, 0.15) is 31.2 Å². The van der Waals surface area contributed by atoms with Gasteiger partial charge >= 0.3 is 0 Å². The zero-order chi connectivity index (χ0) is 11.4. The molecule has 1 aliphatic carbocycles. The molecule has 3 heteroatoms. The van der Waals surface area contributed by atoms with Crippen LogP contribution in [0.25, 0.3) is 0 Å². The Bertz CT molecular complexity index is 348. The maximum Gasteiger partial charge on any atom is 0.123 e. The molecule has 1 aromatic carbocycles. The van der Waals surface area contributed by atoms with Gasteiger partial charge in [-0.1, -0.05) is 12.8 Å². The van der Waals surface area contributed by atoms with Crippen molar-refractivity contribution in [2.75, 3.05) is 7.05 Å². The Kier molecular flexibility index (Phi) is 4.24. The number of thioether (sulfide) groups is 1. The van der Waals surface area contributed by atoms with E-state index in [9.17, 15) is 4.39 Å². The van der Waals surface area contributed by atoms with E-state index in [1.807, 2.05) is 24.9 Å². The molecule has 0 bridgehead atoms. The molecule has 16 heavy (non-hydrogen) atoms. The third-order valence-corrected chi connectivity index (χ3v) is 4.44. The summed E-state index contributed by atoms with van der Waals surface area (Å²) in [7, 11) is 1.90. The van der Waals surface area contributed by atoms with Crippen LogP contribution in [0.5, 0.6) is 0 Å². The summed E-state index contributed by atoms with van der Waals surface area (Å²) in [6, 6.07) is 5.13. The van der Waals surface area contributed by atoms with Crippen molar-refractivity contribution in [1.29, 1.82) is 0 Å². The fraction of sp³-hybridized carbons (Fsp3) is 0.538. The molecule has 1 aliphatic rings. The standard InChI is InChI=1S/C13H18FNS/c1-15-9-10-8-11(14)6-7-13(10)16-12-4-2-3-5-12/h6-8,12,15H,2-5,9H2,1H3. The molecular weight excluding hydrogens is 221 g/mol. The first kappa shape index (κ1) is 11.9. The van der Waals surface area contributed by atoms with E-state index < -0.39 is 0 Å². The van der Waals surface area contributed by atoms with E-state index >= 15 is 0 Å². The second kappa shape index (κ2) is 5.69. The summed E-state index contributed by atoms with van der Waals surface area (Å²) < 4.78 is 13.1. The minimum atomic E-state index is -0.138. The quantitative estimate of drug-likeness (QED) is 0.862. The highest BCUT2D eigenvalue weighted by atomic mass is 32.2. The minimum Gasteiger partial charge on any atom is -0.316 e. The van der Waals surface area contributed by atoms with Gasteiger partial charge in [0.05, 0.1) is 0 Å². The second-order valence-electron chi connectivity index (χ2n) is 4.31. The van der Waals surface area contributed by atoms with Gasteiger partial charge in [0.2, 0.25) is 0 Å². The first-order chi connectivity index (χ1) is 7.79. The van der Waals surface area contributed by atoms with Crippen LogP contribution >= 0.6 is 11.8 Å². The van der Waals surface area contributed by atoms with Gasteiger partial charge in [-0.3, -0.25) is 0 Å². The minimum absolute atomic E-state index is 0.138. The first-order valence-corrected chi connectivity index (χ1v) is 6.77. The maximum absolute atomic E-state index is 13.1. The molecule has 2 rings (SSSR count). The summed E-state index contributed by atoms with van der Waals surface area (Å²) in [5.74, 6) is -0.138. The molecule has 0 saturated heterocycles. The lowest BCUT2D eigenvalue weighted by atomic mass is 10.2. The Balaban J connectivity index is 2.11. The number of rotatable bonds is 4. The molecule has 0 amide bonds. The maximum atomic E-state index is 13.1. The lowest BCUT2D eigenvalue weighted by Crippen LogP contribution is -2.07. The summed E-state index contributed by atoms with van der Waals surface area (Å²) in [5.41, 5.74) is 1.08. The molecule has 1 nitrogen and oxygen atoms in total. The van der Waals surface area contributed by atoms with Gasteiger partial charge in [-0.2, -0.15) is 0 Å². The molecule has 1 N–H and O–H groups in total. The largest absolute Gasteiger partial charge is 0.316 e. The van der Waals surface area contributed by atoms with Crippen LogP contribution in [0.3, 0.4) is 0 Å². The Labute approximate surface area is 101 Å². The van der Waals surface area contributed by atoms with E-state index in [0.29, 0.717) is 0 Å². The molecule has 88 valence electrons. The number of benzene rings is 1. The molecular formula is C13H18FNS. The molecule has 0 aromatic heterocycles. The number of hydrogen-bond donors (Lipinski definition) is 1. The highest BCUT2D eigenvalue weighted by molar-refractivity contribution is 8.00. The van der Waals surface area contributed by atoms with Crippen molar-refractivity contribution < 1.29 is 4.39 Å². The van der Waals surface area contributed by atoms with E-state index in [0.717, 1.165) is 17.4 Å². The normalized spacial score (nSPS) is 16.9. The van der Waals surface area contributed by atoms with Gasteiger partial charge in [0.25, 0.3) is 0 Å². The number of halogens is 1. The fourth-order valence-electron chi connectivity index (χ4n) is 2.18. The zero-order valence-corrected chi connectivity index (χ0v) is 10.4. The van der Waals surface area contributed by atoms with Crippen molar-refractivity contribution in [2.45, 2.75) is 42.4 Å². The summed E-state index contributed by atoms with van der Waals surface area (Å²) in [4.78, 5) is 1.24. The SMILES string of the molecule is CNCc1cc(F)ccc1SC1CCCC1. The molecule has 1 saturated carbocycles. The van der Waals surface area contributed by atoms with E-state index in [1.54, 1.807) is 12.1 Å². The Morgan fingerprint density at radius 3 is 2.81 bits per heavy atom. The molecule has 0 unspecified atom stereocenters. The molecule has 1 aromatic rings. The molecule has 0 heterocycles. The molecule has 0 atom stereocenters. The van der Waals surface area contributed by atoms with Gasteiger partial charge < -0.3 is 5.32 Å². The van der Waals surface area contributed by atoms with Crippen LogP contribution in [-0.4, -0.2) is 12.3 Å². The number of hydrogen-bond acceptors (Lipinski definition) is 2. The van der Waals surface area contributed by atoms with Gasteiger partial charge in [-0.25, -0.2) is 4.39 Å². The summed E-state index contributed by atoms with van der Waals surface area (Å²) in [6.45, 7) is 0.743. The third kappa shape index (κ3) is 2.98. The summed E-state index contributed by atoms with van der Waals surface area (Å²) in [5, 5.41) is 3.83. The van der Waals surface area contributed by atoms with Crippen molar-refractivity contribution in [3.05, 3.63) is 29.6 Å². The van der Waals surface area contributed by atoms with Crippen molar-refractivity contribution >= 4 is 11.8 Å². The Morgan fingerprint density at radius 2 is 2.12 bits per heavy atom. The highest BCUT2D eigenvalue weighted by Crippen LogP contribution is 2.36. The van der Waals surface area contributed by atoms with Gasteiger partial charge in [0, 0.05) is 16.7 Å². The van der Waals surface area contributed by atoms with E-state index in [-0.39, 0.29) is 5.82 Å². The lowest BCUT2D eigenvalue weighted by Gasteiger charge is -2.13. The Hall–Kier alpha value is -0.540. The predicted octanol–water partition coefficient (Wildman–Crippen LogP) is 3.58. The van der Waals surface area contributed by atoms with E-state index in [1.165, 1.54) is 30.6 Å². The molecule has 0 aliphatic heterocycles. The monoisotopic (exact) mass is 239 g/mol. The van der Waals surface area contributed by atoms with Crippen LogP contribution in [0.4, 0.5) is 4.39 Å². The molecule has 0 radical (unpaired) electrons. The lowest BCUT2D eigenvalue weighted by molar-refractivity contribution is 0.621. The van der Waals surface area contributed by atoms with Gasteiger partial charge in [-0.05, 0) is 43.7 Å². The summed E-state index contributed by atoms with van der Waals surface area (Å²) in [6.07, 6.45) is 5.31. The van der Waals surface area contributed by atoms with Crippen molar-refractivity contribution in [3.63, 3.8) is 0 Å². The van der Waals surface area contributed by atoms with Crippen LogP contribution in [-0.2, 0) is 6.54 Å². The average molecular weight is 239 g/mol. The van der Waals surface area contributed by atoms with E-state index in [2.05, 4.69) is 5.32 Å². The second-order valence-corrected chi connectivity index (χ2v) is 5.65. The van der Waals surface area contributed by atoms with Crippen LogP contribution in [0.2, 0.25) is 0 Å². The van der Waals surface area contributed by atoms with Gasteiger partial charge in [-0.15, -0.1) is 11.8 Å². The highest BCUT2D eigenvalue weighted by Gasteiger charge is 2.17.